The zero-order valence-corrected chi connectivity index (χ0v) is 15.1. The van der Waals surface area contributed by atoms with E-state index < -0.39 is 0 Å². The molecular weight excluding hydrogens is 342 g/mol. The number of amides is 1. The maximum absolute atomic E-state index is 12.7. The summed E-state index contributed by atoms with van der Waals surface area (Å²) in [6.45, 7) is 2.81. The van der Waals surface area contributed by atoms with E-state index >= 15 is 0 Å². The molecule has 0 aliphatic carbocycles. The van der Waals surface area contributed by atoms with Crippen molar-refractivity contribution in [3.63, 3.8) is 0 Å². The largest absolute Gasteiger partial charge is 0.377 e. The summed E-state index contributed by atoms with van der Waals surface area (Å²) in [4.78, 5) is 13.6. The Hall–Kier alpha value is -1.49. The Balaban J connectivity index is 1.72. The van der Waals surface area contributed by atoms with Gasteiger partial charge in [-0.05, 0) is 49.6 Å². The van der Waals surface area contributed by atoms with Gasteiger partial charge in [-0.25, -0.2) is 0 Å². The fourth-order valence-corrected chi connectivity index (χ4v) is 4.05. The van der Waals surface area contributed by atoms with Crippen LogP contribution in [0.3, 0.4) is 0 Å². The number of aryl methyl sites for hydroxylation is 1. The smallest absolute Gasteiger partial charge is 0.256 e. The van der Waals surface area contributed by atoms with Crippen LogP contribution in [0.15, 0.2) is 47.4 Å². The number of benzene rings is 2. The SMILES string of the molecule is Cc1ccc(NC(=O)c2ccccc2SC[C@@H]2CCCO2)c(Cl)c1. The Morgan fingerprint density at radius 3 is 2.92 bits per heavy atom. The highest BCUT2D eigenvalue weighted by molar-refractivity contribution is 7.99. The topological polar surface area (TPSA) is 38.3 Å². The molecule has 1 fully saturated rings. The quantitative estimate of drug-likeness (QED) is 0.746. The highest BCUT2D eigenvalue weighted by Gasteiger charge is 2.18. The highest BCUT2D eigenvalue weighted by Crippen LogP contribution is 2.28. The standard InChI is InChI=1S/C19H20ClNO2S/c1-13-8-9-17(16(20)11-13)21-19(22)15-6-2-3-7-18(15)24-12-14-5-4-10-23-14/h2-3,6-9,11,14H,4-5,10,12H2,1H3,(H,21,22)/t14-/m0/s1. The molecule has 126 valence electrons. The Kier molecular flexibility index (Phi) is 5.82. The number of anilines is 1. The van der Waals surface area contributed by atoms with Crippen LogP contribution < -0.4 is 5.32 Å². The first kappa shape index (κ1) is 17.3. The van der Waals surface area contributed by atoms with Crippen molar-refractivity contribution in [2.45, 2.75) is 30.8 Å². The molecule has 0 bridgehead atoms. The van der Waals surface area contributed by atoms with Crippen molar-refractivity contribution in [2.24, 2.45) is 0 Å². The molecule has 1 amide bonds. The molecule has 0 aromatic heterocycles. The lowest BCUT2D eigenvalue weighted by molar-refractivity contribution is 0.102. The second kappa shape index (κ2) is 8.06. The van der Waals surface area contributed by atoms with E-state index in [-0.39, 0.29) is 12.0 Å². The van der Waals surface area contributed by atoms with Crippen LogP contribution in [0.25, 0.3) is 0 Å². The lowest BCUT2D eigenvalue weighted by Gasteiger charge is -2.13. The van der Waals surface area contributed by atoms with Crippen molar-refractivity contribution in [1.82, 2.24) is 0 Å². The van der Waals surface area contributed by atoms with Gasteiger partial charge in [0.05, 0.1) is 22.4 Å². The minimum Gasteiger partial charge on any atom is -0.377 e. The monoisotopic (exact) mass is 361 g/mol. The summed E-state index contributed by atoms with van der Waals surface area (Å²) in [7, 11) is 0. The molecule has 1 heterocycles. The third-order valence-corrected chi connectivity index (χ3v) is 5.47. The van der Waals surface area contributed by atoms with Gasteiger partial charge in [-0.1, -0.05) is 29.8 Å². The number of thioether (sulfide) groups is 1. The second-order valence-corrected chi connectivity index (χ2v) is 7.35. The van der Waals surface area contributed by atoms with Crippen LogP contribution in [0.1, 0.15) is 28.8 Å². The molecule has 2 aromatic carbocycles. The van der Waals surface area contributed by atoms with E-state index in [1.165, 1.54) is 0 Å². The van der Waals surface area contributed by atoms with Crippen LogP contribution in [0.4, 0.5) is 5.69 Å². The maximum Gasteiger partial charge on any atom is 0.256 e. The minimum absolute atomic E-state index is 0.142. The average molecular weight is 362 g/mol. The highest BCUT2D eigenvalue weighted by atomic mass is 35.5. The number of rotatable bonds is 5. The summed E-state index contributed by atoms with van der Waals surface area (Å²) in [5.41, 5.74) is 2.36. The normalized spacial score (nSPS) is 17.0. The molecular formula is C19H20ClNO2S. The van der Waals surface area contributed by atoms with E-state index in [9.17, 15) is 4.79 Å². The van der Waals surface area contributed by atoms with Gasteiger partial charge >= 0.3 is 0 Å². The molecule has 5 heteroatoms. The fourth-order valence-electron chi connectivity index (χ4n) is 2.65. The average Bonchev–Trinajstić information content (AvgIpc) is 3.09. The molecule has 2 aromatic rings. The van der Waals surface area contributed by atoms with Crippen molar-refractivity contribution < 1.29 is 9.53 Å². The van der Waals surface area contributed by atoms with Crippen molar-refractivity contribution in [3.05, 3.63) is 58.6 Å². The number of nitrogens with one attached hydrogen (secondary N) is 1. The van der Waals surface area contributed by atoms with Crippen molar-refractivity contribution in [1.29, 1.82) is 0 Å². The predicted octanol–water partition coefficient (Wildman–Crippen LogP) is 5.17. The molecule has 3 rings (SSSR count). The summed E-state index contributed by atoms with van der Waals surface area (Å²) in [5.74, 6) is 0.728. The molecule has 0 unspecified atom stereocenters. The van der Waals surface area contributed by atoms with E-state index in [1.807, 2.05) is 49.4 Å². The first-order valence-electron chi connectivity index (χ1n) is 8.04. The zero-order chi connectivity index (χ0) is 16.9. The first-order valence-corrected chi connectivity index (χ1v) is 9.41. The Morgan fingerprint density at radius 1 is 1.33 bits per heavy atom. The zero-order valence-electron chi connectivity index (χ0n) is 13.5. The van der Waals surface area contributed by atoms with Crippen LogP contribution in [0.5, 0.6) is 0 Å². The molecule has 1 aliphatic heterocycles. The lowest BCUT2D eigenvalue weighted by atomic mass is 10.2. The van der Waals surface area contributed by atoms with Gasteiger partial charge in [0.25, 0.3) is 5.91 Å². The summed E-state index contributed by atoms with van der Waals surface area (Å²) in [6, 6.07) is 13.3. The van der Waals surface area contributed by atoms with Crippen molar-refractivity contribution in [3.8, 4) is 0 Å². The molecule has 3 nitrogen and oxygen atoms in total. The van der Waals surface area contributed by atoms with Crippen LogP contribution >= 0.6 is 23.4 Å². The number of halogens is 1. The minimum atomic E-state index is -0.142. The van der Waals surface area contributed by atoms with Gasteiger partial charge in [0.15, 0.2) is 0 Å². The molecule has 24 heavy (non-hydrogen) atoms. The van der Waals surface area contributed by atoms with Gasteiger partial charge in [-0.2, -0.15) is 0 Å². The maximum atomic E-state index is 12.7. The molecule has 0 spiro atoms. The summed E-state index contributed by atoms with van der Waals surface area (Å²) in [6.07, 6.45) is 2.51. The van der Waals surface area contributed by atoms with E-state index in [0.717, 1.165) is 35.7 Å². The predicted molar refractivity (Wildman–Crippen MR) is 100 cm³/mol. The number of hydrogen-bond acceptors (Lipinski definition) is 3. The number of carbonyl (C=O) groups is 1. The summed E-state index contributed by atoms with van der Waals surface area (Å²) >= 11 is 7.88. The van der Waals surface area contributed by atoms with E-state index in [0.29, 0.717) is 16.3 Å². The molecule has 0 radical (unpaired) electrons. The van der Waals surface area contributed by atoms with E-state index in [4.69, 9.17) is 16.3 Å². The van der Waals surface area contributed by atoms with Gasteiger partial charge in [0.2, 0.25) is 0 Å². The van der Waals surface area contributed by atoms with Gasteiger partial charge in [-0.3, -0.25) is 4.79 Å². The van der Waals surface area contributed by atoms with Gasteiger partial charge in [0.1, 0.15) is 0 Å². The molecule has 1 aliphatic rings. The van der Waals surface area contributed by atoms with Crippen LogP contribution in [0.2, 0.25) is 5.02 Å². The first-order chi connectivity index (χ1) is 11.6. The van der Waals surface area contributed by atoms with Gasteiger partial charge in [-0.15, -0.1) is 11.8 Å². The van der Waals surface area contributed by atoms with Crippen LogP contribution in [0, 0.1) is 6.92 Å². The molecule has 1 saturated heterocycles. The van der Waals surface area contributed by atoms with Crippen molar-refractivity contribution >= 4 is 35.0 Å². The third kappa shape index (κ3) is 4.32. The van der Waals surface area contributed by atoms with Crippen LogP contribution in [-0.4, -0.2) is 24.4 Å². The van der Waals surface area contributed by atoms with Crippen molar-refractivity contribution in [2.75, 3.05) is 17.7 Å². The molecule has 0 saturated carbocycles. The Morgan fingerprint density at radius 2 is 2.17 bits per heavy atom. The van der Waals surface area contributed by atoms with E-state index in [1.54, 1.807) is 11.8 Å². The third-order valence-electron chi connectivity index (χ3n) is 3.95. The number of ether oxygens (including phenoxy) is 1. The lowest BCUT2D eigenvalue weighted by Crippen LogP contribution is -2.14. The summed E-state index contributed by atoms with van der Waals surface area (Å²) < 4.78 is 5.66. The molecule has 1 N–H and O–H groups in total. The fraction of sp³-hybridized carbons (Fsp3) is 0.316. The Labute approximate surface area is 151 Å². The number of hydrogen-bond donors (Lipinski definition) is 1. The van der Waals surface area contributed by atoms with E-state index in [2.05, 4.69) is 5.32 Å². The van der Waals surface area contributed by atoms with Crippen LogP contribution in [-0.2, 0) is 4.74 Å². The number of carbonyl (C=O) groups excluding carboxylic acids is 1. The van der Waals surface area contributed by atoms with Gasteiger partial charge in [0, 0.05) is 17.3 Å². The second-order valence-electron chi connectivity index (χ2n) is 5.88. The summed E-state index contributed by atoms with van der Waals surface area (Å²) in [5, 5.41) is 3.46. The van der Waals surface area contributed by atoms with Gasteiger partial charge < -0.3 is 10.1 Å². The Bertz CT molecular complexity index is 729. The molecule has 1 atom stereocenters.